The van der Waals surface area contributed by atoms with Crippen LogP contribution in [0.1, 0.15) is 40.0 Å². The number of nitrogens with one attached hydrogen (secondary N) is 2. The van der Waals surface area contributed by atoms with Crippen LogP contribution in [0.15, 0.2) is 4.99 Å². The highest BCUT2D eigenvalue weighted by molar-refractivity contribution is 5.79. The molecule has 0 rings (SSSR count). The van der Waals surface area contributed by atoms with Gasteiger partial charge in [0.1, 0.15) is 0 Å². The topological polar surface area (TPSA) is 72.0 Å². The van der Waals surface area contributed by atoms with Crippen molar-refractivity contribution in [2.45, 2.75) is 46.1 Å². The lowest BCUT2D eigenvalue weighted by Gasteiger charge is -2.30. The van der Waals surface area contributed by atoms with E-state index in [-0.39, 0.29) is 17.5 Å². The molecule has 0 saturated heterocycles. The first kappa shape index (κ1) is 19.7. The van der Waals surface area contributed by atoms with E-state index in [1.807, 2.05) is 0 Å². The van der Waals surface area contributed by atoms with E-state index in [1.54, 1.807) is 14.2 Å². The Morgan fingerprint density at radius 1 is 1.19 bits per heavy atom. The van der Waals surface area contributed by atoms with Crippen LogP contribution in [0.25, 0.3) is 0 Å². The van der Waals surface area contributed by atoms with Crippen molar-refractivity contribution in [3.05, 3.63) is 0 Å². The summed E-state index contributed by atoms with van der Waals surface area (Å²) in [7, 11) is 4.87. The summed E-state index contributed by atoms with van der Waals surface area (Å²) in [6.45, 7) is 7.90. The van der Waals surface area contributed by atoms with Gasteiger partial charge in [0.2, 0.25) is 0 Å². The second-order valence-electron chi connectivity index (χ2n) is 6.00. The SMILES string of the molecule is CN=C(NCCCCC(=O)OC)NCC(OC)C(C)(C)C. The minimum Gasteiger partial charge on any atom is -0.469 e. The molecule has 0 saturated carbocycles. The maximum absolute atomic E-state index is 11.0. The van der Waals surface area contributed by atoms with Crippen molar-refractivity contribution in [2.75, 3.05) is 34.4 Å². The van der Waals surface area contributed by atoms with Crippen molar-refractivity contribution in [2.24, 2.45) is 10.4 Å². The van der Waals surface area contributed by atoms with Crippen LogP contribution in [0, 0.1) is 5.41 Å². The number of methoxy groups -OCH3 is 2. The normalized spacial score (nSPS) is 13.7. The number of nitrogens with zero attached hydrogens (tertiary/aromatic N) is 1. The maximum Gasteiger partial charge on any atom is 0.305 e. The molecular formula is C15H31N3O3. The third kappa shape index (κ3) is 9.28. The van der Waals surface area contributed by atoms with Crippen molar-refractivity contribution in [3.63, 3.8) is 0 Å². The van der Waals surface area contributed by atoms with E-state index in [4.69, 9.17) is 4.74 Å². The van der Waals surface area contributed by atoms with Gasteiger partial charge in [0.15, 0.2) is 5.96 Å². The van der Waals surface area contributed by atoms with Crippen LogP contribution in [0.4, 0.5) is 0 Å². The maximum atomic E-state index is 11.0. The van der Waals surface area contributed by atoms with Crippen molar-refractivity contribution < 1.29 is 14.3 Å². The molecule has 1 atom stereocenters. The summed E-state index contributed by atoms with van der Waals surface area (Å²) in [5.74, 6) is 0.588. The van der Waals surface area contributed by atoms with Gasteiger partial charge in [-0.2, -0.15) is 0 Å². The molecule has 0 bridgehead atoms. The molecule has 0 spiro atoms. The zero-order chi connectivity index (χ0) is 16.3. The van der Waals surface area contributed by atoms with Crippen molar-refractivity contribution in [1.29, 1.82) is 0 Å². The summed E-state index contributed by atoms with van der Waals surface area (Å²) >= 11 is 0. The van der Waals surface area contributed by atoms with Gasteiger partial charge >= 0.3 is 5.97 Å². The van der Waals surface area contributed by atoms with Gasteiger partial charge in [-0.1, -0.05) is 20.8 Å². The molecular weight excluding hydrogens is 270 g/mol. The molecule has 6 heteroatoms. The Balaban J connectivity index is 3.94. The highest BCUT2D eigenvalue weighted by atomic mass is 16.5. The fraction of sp³-hybridized carbons (Fsp3) is 0.867. The molecule has 0 aliphatic heterocycles. The summed E-state index contributed by atoms with van der Waals surface area (Å²) in [6.07, 6.45) is 2.26. The third-order valence-corrected chi connectivity index (χ3v) is 3.26. The van der Waals surface area contributed by atoms with Crippen LogP contribution in [0.2, 0.25) is 0 Å². The average Bonchev–Trinajstić information content (AvgIpc) is 2.43. The second-order valence-corrected chi connectivity index (χ2v) is 6.00. The Kier molecular flexibility index (Phi) is 9.78. The number of carbonyl (C=O) groups excluding carboxylic acids is 1. The molecule has 0 aromatic heterocycles. The smallest absolute Gasteiger partial charge is 0.305 e. The van der Waals surface area contributed by atoms with Crippen molar-refractivity contribution in [3.8, 4) is 0 Å². The molecule has 0 aliphatic rings. The number of carbonyl (C=O) groups is 1. The molecule has 0 aromatic rings. The van der Waals surface area contributed by atoms with Crippen LogP contribution < -0.4 is 10.6 Å². The number of ether oxygens (including phenoxy) is 2. The number of rotatable bonds is 8. The molecule has 0 radical (unpaired) electrons. The molecule has 0 aromatic carbocycles. The molecule has 6 nitrogen and oxygen atoms in total. The second kappa shape index (κ2) is 10.4. The van der Waals surface area contributed by atoms with Gasteiger partial charge in [0.05, 0.1) is 13.2 Å². The minimum absolute atomic E-state index is 0.0706. The van der Waals surface area contributed by atoms with Gasteiger partial charge in [-0.25, -0.2) is 0 Å². The fourth-order valence-corrected chi connectivity index (χ4v) is 1.86. The standard InChI is InChI=1S/C15H31N3O3/c1-15(2,3)12(20-5)11-18-14(16-4)17-10-8-7-9-13(19)21-6/h12H,7-11H2,1-6H3,(H2,16,17,18). The number of unbranched alkanes of at least 4 members (excludes halogenated alkanes) is 1. The molecule has 1 unspecified atom stereocenters. The van der Waals surface area contributed by atoms with E-state index in [1.165, 1.54) is 7.11 Å². The summed E-state index contributed by atoms with van der Waals surface area (Å²) in [5, 5.41) is 6.48. The fourth-order valence-electron chi connectivity index (χ4n) is 1.86. The Morgan fingerprint density at radius 2 is 1.86 bits per heavy atom. The predicted octanol–water partition coefficient (Wildman–Crippen LogP) is 1.56. The number of esters is 1. The first-order valence-electron chi connectivity index (χ1n) is 7.39. The number of aliphatic imine (C=N–C) groups is 1. The van der Waals surface area contributed by atoms with Crippen molar-refractivity contribution >= 4 is 11.9 Å². The van der Waals surface area contributed by atoms with Gasteiger partial charge in [-0.3, -0.25) is 9.79 Å². The van der Waals surface area contributed by atoms with Gasteiger partial charge in [0, 0.05) is 33.7 Å². The summed E-state index contributed by atoms with van der Waals surface area (Å²) in [4.78, 5) is 15.1. The van der Waals surface area contributed by atoms with E-state index in [9.17, 15) is 4.79 Å². The minimum atomic E-state index is -0.161. The van der Waals surface area contributed by atoms with E-state index in [0.717, 1.165) is 25.3 Å². The molecule has 0 fully saturated rings. The Hall–Kier alpha value is -1.30. The molecule has 21 heavy (non-hydrogen) atoms. The monoisotopic (exact) mass is 301 g/mol. The van der Waals surface area contributed by atoms with Crippen LogP contribution in [-0.4, -0.2) is 52.4 Å². The van der Waals surface area contributed by atoms with Gasteiger partial charge in [-0.15, -0.1) is 0 Å². The Bertz CT molecular complexity index is 325. The molecule has 124 valence electrons. The van der Waals surface area contributed by atoms with E-state index < -0.39 is 0 Å². The first-order chi connectivity index (χ1) is 9.85. The predicted molar refractivity (Wildman–Crippen MR) is 85.5 cm³/mol. The molecule has 0 aliphatic carbocycles. The number of hydrogen-bond donors (Lipinski definition) is 2. The lowest BCUT2D eigenvalue weighted by atomic mass is 9.89. The Labute approximate surface area is 128 Å². The van der Waals surface area contributed by atoms with Crippen LogP contribution >= 0.6 is 0 Å². The van der Waals surface area contributed by atoms with Gasteiger partial charge in [0.25, 0.3) is 0 Å². The first-order valence-corrected chi connectivity index (χ1v) is 7.39. The highest BCUT2D eigenvalue weighted by Crippen LogP contribution is 2.20. The molecule has 0 heterocycles. The van der Waals surface area contributed by atoms with Crippen LogP contribution in [-0.2, 0) is 14.3 Å². The highest BCUT2D eigenvalue weighted by Gasteiger charge is 2.24. The van der Waals surface area contributed by atoms with E-state index >= 15 is 0 Å². The zero-order valence-electron chi connectivity index (χ0n) is 14.3. The lowest BCUT2D eigenvalue weighted by Crippen LogP contribution is -2.45. The van der Waals surface area contributed by atoms with Crippen molar-refractivity contribution in [1.82, 2.24) is 10.6 Å². The summed E-state index contributed by atoms with van der Waals surface area (Å²) in [5.41, 5.74) is 0.0706. The largest absolute Gasteiger partial charge is 0.469 e. The van der Waals surface area contributed by atoms with E-state index in [0.29, 0.717) is 13.0 Å². The third-order valence-electron chi connectivity index (χ3n) is 3.26. The lowest BCUT2D eigenvalue weighted by molar-refractivity contribution is -0.140. The molecule has 2 N–H and O–H groups in total. The van der Waals surface area contributed by atoms with Gasteiger partial charge in [-0.05, 0) is 18.3 Å². The van der Waals surface area contributed by atoms with Gasteiger partial charge < -0.3 is 20.1 Å². The van der Waals surface area contributed by atoms with E-state index in [2.05, 4.69) is 41.1 Å². The Morgan fingerprint density at radius 3 is 2.33 bits per heavy atom. The zero-order valence-corrected chi connectivity index (χ0v) is 14.3. The number of guanidine groups is 1. The summed E-state index contributed by atoms with van der Waals surface area (Å²) in [6, 6.07) is 0. The van der Waals surface area contributed by atoms with Crippen LogP contribution in [0.3, 0.4) is 0 Å². The van der Waals surface area contributed by atoms with Crippen LogP contribution in [0.5, 0.6) is 0 Å². The summed E-state index contributed by atoms with van der Waals surface area (Å²) < 4.78 is 10.1. The number of hydrogen-bond acceptors (Lipinski definition) is 4. The molecule has 0 amide bonds. The average molecular weight is 301 g/mol. The quantitative estimate of drug-likeness (QED) is 0.308.